The third-order valence-corrected chi connectivity index (χ3v) is 13.3. The van der Waals surface area contributed by atoms with Gasteiger partial charge in [0.2, 0.25) is 0 Å². The lowest BCUT2D eigenvalue weighted by atomic mass is 10.0. The topological polar surface area (TPSA) is 78.9 Å². The first kappa shape index (κ1) is 74.3. The van der Waals surface area contributed by atoms with Crippen LogP contribution in [0.5, 0.6) is 0 Å². The van der Waals surface area contributed by atoms with Gasteiger partial charge in [0, 0.05) is 12.8 Å². The van der Waals surface area contributed by atoms with Crippen LogP contribution in [-0.2, 0) is 28.6 Å². The van der Waals surface area contributed by atoms with Crippen LogP contribution in [-0.4, -0.2) is 37.2 Å². The standard InChI is InChI=1S/C73H118O6/c1-4-7-10-13-16-19-22-25-28-30-32-34-35-36-37-39-40-42-45-48-51-54-57-60-63-66-72(75)78-69-70(68-77-71(74)65-62-59-56-53-50-47-44-27-24-21-18-15-12-9-6-3)79-73(76)67-64-61-58-55-52-49-46-43-41-38-33-31-29-26-23-20-17-14-11-8-5-2/h7,9-10,12,16,18-19,21,23,25-28,31-34,41,43-44,50,53,59,62,70H,4-6,8,11,13-15,17,20,22,24,29-30,35-40,42,45-49,51-52,54-58,60-61,63-69H2,1-3H3/b10-7-,12-9-,19-16-,21-18-,26-23-,28-25-,33-31-,34-32-,43-41-,44-27-,53-50-,62-59-. The van der Waals surface area contributed by atoms with Gasteiger partial charge in [-0.3, -0.25) is 14.4 Å². The molecule has 6 heteroatoms. The summed E-state index contributed by atoms with van der Waals surface area (Å²) in [5.41, 5.74) is 0. The molecule has 0 radical (unpaired) electrons. The second-order valence-electron chi connectivity index (χ2n) is 20.9. The fraction of sp³-hybridized carbons (Fsp3) is 0.630. The summed E-state index contributed by atoms with van der Waals surface area (Å²) in [5.74, 6) is -1.07. The van der Waals surface area contributed by atoms with Crippen molar-refractivity contribution >= 4 is 17.9 Å². The average Bonchev–Trinajstić information content (AvgIpc) is 3.45. The molecule has 0 N–H and O–H groups in total. The van der Waals surface area contributed by atoms with E-state index < -0.39 is 12.1 Å². The molecule has 0 aromatic carbocycles. The Hall–Kier alpha value is -4.71. The fourth-order valence-electron chi connectivity index (χ4n) is 8.57. The molecule has 0 rings (SSSR count). The van der Waals surface area contributed by atoms with E-state index >= 15 is 0 Å². The van der Waals surface area contributed by atoms with Crippen molar-refractivity contribution in [2.24, 2.45) is 0 Å². The van der Waals surface area contributed by atoms with E-state index in [9.17, 15) is 14.4 Å². The van der Waals surface area contributed by atoms with Crippen LogP contribution >= 0.6 is 0 Å². The number of carbonyl (C=O) groups is 3. The van der Waals surface area contributed by atoms with E-state index in [1.165, 1.54) is 116 Å². The Morgan fingerprint density at radius 3 is 0.886 bits per heavy atom. The minimum Gasteiger partial charge on any atom is -0.462 e. The number of carbonyl (C=O) groups excluding carboxylic acids is 3. The molecule has 0 aliphatic carbocycles. The number of rotatable bonds is 57. The van der Waals surface area contributed by atoms with Gasteiger partial charge in [-0.05, 0) is 122 Å². The molecule has 0 aliphatic rings. The SMILES string of the molecule is CC/C=C\C/C=C\C/C=C\C/C=C\C/C=C\CC(=O)OCC(COC(=O)CCCCCCCCCCCCCC/C=C\C/C=C\C/C=C\C/C=C\CC)OC(=O)CCCCCCCC/C=C\C/C=C\C/C=C\CCCCCCC. The Bertz CT molecular complexity index is 1730. The monoisotopic (exact) mass is 1090 g/mol. The van der Waals surface area contributed by atoms with Crippen LogP contribution in [0.1, 0.15) is 278 Å². The van der Waals surface area contributed by atoms with Crippen molar-refractivity contribution in [2.75, 3.05) is 13.2 Å². The van der Waals surface area contributed by atoms with E-state index in [2.05, 4.69) is 154 Å². The van der Waals surface area contributed by atoms with Crippen LogP contribution < -0.4 is 0 Å². The maximum atomic E-state index is 12.9. The second kappa shape index (κ2) is 65.8. The largest absolute Gasteiger partial charge is 0.462 e. The summed E-state index contributed by atoms with van der Waals surface area (Å²) in [7, 11) is 0. The highest BCUT2D eigenvalue weighted by atomic mass is 16.6. The van der Waals surface area contributed by atoms with Crippen LogP contribution in [0.15, 0.2) is 146 Å². The van der Waals surface area contributed by atoms with Crippen molar-refractivity contribution in [2.45, 2.75) is 284 Å². The number of hydrogen-bond acceptors (Lipinski definition) is 6. The number of allylic oxidation sites excluding steroid dienone is 23. The summed E-state index contributed by atoms with van der Waals surface area (Å²) in [6.45, 7) is 6.31. The van der Waals surface area contributed by atoms with Crippen molar-refractivity contribution in [3.05, 3.63) is 146 Å². The van der Waals surface area contributed by atoms with Crippen LogP contribution in [0, 0.1) is 0 Å². The predicted octanol–water partition coefficient (Wildman–Crippen LogP) is 22.3. The summed E-state index contributed by atoms with van der Waals surface area (Å²) in [6, 6.07) is 0. The van der Waals surface area contributed by atoms with Gasteiger partial charge >= 0.3 is 17.9 Å². The van der Waals surface area contributed by atoms with E-state index in [-0.39, 0.29) is 38.0 Å². The fourth-order valence-corrected chi connectivity index (χ4v) is 8.57. The lowest BCUT2D eigenvalue weighted by molar-refractivity contribution is -0.166. The van der Waals surface area contributed by atoms with Gasteiger partial charge in [0.05, 0.1) is 6.42 Å². The van der Waals surface area contributed by atoms with E-state index in [0.717, 1.165) is 122 Å². The highest BCUT2D eigenvalue weighted by molar-refractivity contribution is 5.72. The minimum atomic E-state index is -0.833. The van der Waals surface area contributed by atoms with Gasteiger partial charge in [-0.1, -0.05) is 282 Å². The molecule has 0 aliphatic heterocycles. The zero-order valence-electron chi connectivity index (χ0n) is 51.1. The molecular formula is C73H118O6. The summed E-state index contributed by atoms with van der Waals surface area (Å²) < 4.78 is 16.8. The highest BCUT2D eigenvalue weighted by Crippen LogP contribution is 2.15. The summed E-state index contributed by atoms with van der Waals surface area (Å²) in [4.78, 5) is 38.3. The Labute approximate surface area is 487 Å². The lowest BCUT2D eigenvalue weighted by Crippen LogP contribution is -2.30. The third-order valence-electron chi connectivity index (χ3n) is 13.3. The molecule has 6 nitrogen and oxygen atoms in total. The van der Waals surface area contributed by atoms with Gasteiger partial charge in [0.25, 0.3) is 0 Å². The average molecular weight is 1090 g/mol. The van der Waals surface area contributed by atoms with E-state index in [4.69, 9.17) is 14.2 Å². The molecule has 0 saturated heterocycles. The second-order valence-corrected chi connectivity index (χ2v) is 20.9. The van der Waals surface area contributed by atoms with Gasteiger partial charge in [-0.25, -0.2) is 0 Å². The first-order valence-corrected chi connectivity index (χ1v) is 32.3. The molecule has 446 valence electrons. The minimum absolute atomic E-state index is 0.118. The third kappa shape index (κ3) is 64.0. The van der Waals surface area contributed by atoms with Gasteiger partial charge in [-0.15, -0.1) is 0 Å². The number of hydrogen-bond donors (Lipinski definition) is 0. The van der Waals surface area contributed by atoms with Crippen molar-refractivity contribution in [1.29, 1.82) is 0 Å². The Balaban J connectivity index is 4.46. The molecular weight excluding hydrogens is 973 g/mol. The molecule has 79 heavy (non-hydrogen) atoms. The quantitative estimate of drug-likeness (QED) is 0.0261. The van der Waals surface area contributed by atoms with Crippen molar-refractivity contribution in [3.8, 4) is 0 Å². The molecule has 0 heterocycles. The highest BCUT2D eigenvalue weighted by Gasteiger charge is 2.19. The molecule has 0 bridgehead atoms. The summed E-state index contributed by atoms with van der Waals surface area (Å²) in [5, 5.41) is 0. The smallest absolute Gasteiger partial charge is 0.309 e. The maximum Gasteiger partial charge on any atom is 0.309 e. The molecule has 0 saturated carbocycles. The molecule has 0 spiro atoms. The molecule has 0 amide bonds. The van der Waals surface area contributed by atoms with Crippen LogP contribution in [0.3, 0.4) is 0 Å². The predicted molar refractivity (Wildman–Crippen MR) is 343 cm³/mol. The van der Waals surface area contributed by atoms with Crippen LogP contribution in [0.2, 0.25) is 0 Å². The van der Waals surface area contributed by atoms with Crippen molar-refractivity contribution < 1.29 is 28.6 Å². The molecule has 1 atom stereocenters. The van der Waals surface area contributed by atoms with Crippen molar-refractivity contribution in [3.63, 3.8) is 0 Å². The molecule has 1 unspecified atom stereocenters. The van der Waals surface area contributed by atoms with Crippen LogP contribution in [0.25, 0.3) is 0 Å². The van der Waals surface area contributed by atoms with Gasteiger partial charge in [0.15, 0.2) is 6.10 Å². The first-order chi connectivity index (χ1) is 39.0. The van der Waals surface area contributed by atoms with Gasteiger partial charge < -0.3 is 14.2 Å². The molecule has 0 fully saturated rings. The number of esters is 3. The van der Waals surface area contributed by atoms with Crippen molar-refractivity contribution in [1.82, 2.24) is 0 Å². The Morgan fingerprint density at radius 1 is 0.278 bits per heavy atom. The van der Waals surface area contributed by atoms with E-state index in [0.29, 0.717) is 6.42 Å². The van der Waals surface area contributed by atoms with Gasteiger partial charge in [-0.2, -0.15) is 0 Å². The van der Waals surface area contributed by atoms with E-state index in [1.54, 1.807) is 6.08 Å². The van der Waals surface area contributed by atoms with Crippen LogP contribution in [0.4, 0.5) is 0 Å². The first-order valence-electron chi connectivity index (χ1n) is 32.3. The molecule has 0 aromatic rings. The summed E-state index contributed by atoms with van der Waals surface area (Å²) >= 11 is 0. The number of unbranched alkanes of at least 4 members (excludes halogenated alkanes) is 23. The number of ether oxygens (including phenoxy) is 3. The maximum absolute atomic E-state index is 12.9. The molecule has 0 aromatic heterocycles. The zero-order chi connectivity index (χ0) is 57.1. The van der Waals surface area contributed by atoms with E-state index in [1.807, 2.05) is 6.08 Å². The van der Waals surface area contributed by atoms with Gasteiger partial charge in [0.1, 0.15) is 13.2 Å². The zero-order valence-corrected chi connectivity index (χ0v) is 51.1. The Morgan fingerprint density at radius 2 is 0.544 bits per heavy atom. The summed E-state index contributed by atoms with van der Waals surface area (Å²) in [6.07, 6.45) is 94.5. The normalized spacial score (nSPS) is 13.1. The Kier molecular flexibility index (Phi) is 61.9. The lowest BCUT2D eigenvalue weighted by Gasteiger charge is -2.18.